The summed E-state index contributed by atoms with van der Waals surface area (Å²) in [6.45, 7) is 3.91. The van der Waals surface area contributed by atoms with Gasteiger partial charge in [0.15, 0.2) is 0 Å². The number of aryl methyl sites for hydroxylation is 2. The summed E-state index contributed by atoms with van der Waals surface area (Å²) in [5.74, 6) is 0.909. The molecule has 1 spiro atoms. The van der Waals surface area contributed by atoms with Crippen LogP contribution in [0.3, 0.4) is 0 Å². The molecule has 0 unspecified atom stereocenters. The zero-order valence-corrected chi connectivity index (χ0v) is 24.5. The Balaban J connectivity index is 1.32. The molecule has 2 aliphatic heterocycles. The lowest BCUT2D eigenvalue weighted by atomic mass is 9.88. The molecule has 39 heavy (non-hydrogen) atoms. The Morgan fingerprint density at radius 3 is 2.46 bits per heavy atom. The molecule has 0 atom stereocenters. The Labute approximate surface area is 232 Å². The number of carbonyl (C=O) groups excluding carboxylic acids is 2. The molecule has 1 saturated heterocycles. The number of nitrogens with zero attached hydrogens (tertiary/aromatic N) is 2. The van der Waals surface area contributed by atoms with Gasteiger partial charge < -0.3 is 10.1 Å². The van der Waals surface area contributed by atoms with E-state index in [0.717, 1.165) is 37.1 Å². The Morgan fingerprint density at radius 1 is 1.13 bits per heavy atom. The van der Waals surface area contributed by atoms with Crippen LogP contribution in [0, 0.1) is 12.8 Å². The number of Topliss-reactive ketones (excluding diaryl/α,β-unsaturated/α-hetero) is 1. The third kappa shape index (κ3) is 7.14. The normalized spacial score (nSPS) is 20.7. The van der Waals surface area contributed by atoms with E-state index in [1.165, 1.54) is 23.7 Å². The number of ketones is 1. The van der Waals surface area contributed by atoms with E-state index in [0.29, 0.717) is 37.2 Å². The van der Waals surface area contributed by atoms with Crippen molar-refractivity contribution in [3.63, 3.8) is 0 Å². The van der Waals surface area contributed by atoms with Crippen LogP contribution in [0.5, 0.6) is 0 Å². The van der Waals surface area contributed by atoms with Crippen molar-refractivity contribution in [3.05, 3.63) is 29.3 Å². The summed E-state index contributed by atoms with van der Waals surface area (Å²) in [5.41, 5.74) is 0.609. The molecule has 2 fully saturated rings. The van der Waals surface area contributed by atoms with Gasteiger partial charge in [-0.3, -0.25) is 9.79 Å². The second kappa shape index (κ2) is 12.2. The second-order valence-electron chi connectivity index (χ2n) is 11.1. The van der Waals surface area contributed by atoms with Crippen LogP contribution in [0.1, 0.15) is 75.8 Å². The molecule has 12 heteroatoms. The largest absolute Gasteiger partial charge is 0.312 e. The summed E-state index contributed by atoms with van der Waals surface area (Å²) in [6, 6.07) is 4.68. The van der Waals surface area contributed by atoms with E-state index in [9.17, 15) is 26.4 Å². The van der Waals surface area contributed by atoms with Gasteiger partial charge in [-0.2, -0.15) is 0 Å². The van der Waals surface area contributed by atoms with Gasteiger partial charge in [-0.1, -0.05) is 25.3 Å². The fraction of sp³-hybridized carbons (Fsp3) is 0.667. The lowest BCUT2D eigenvalue weighted by Gasteiger charge is -2.34. The van der Waals surface area contributed by atoms with Crippen LogP contribution in [0.25, 0.3) is 0 Å². The summed E-state index contributed by atoms with van der Waals surface area (Å²) >= 11 is 0. The topological polar surface area (TPSA) is 142 Å². The predicted molar refractivity (Wildman–Crippen MR) is 149 cm³/mol. The molecule has 216 valence electrons. The molecule has 2 N–H and O–H groups in total. The first kappa shape index (κ1) is 29.8. The van der Waals surface area contributed by atoms with Crippen molar-refractivity contribution in [1.82, 2.24) is 14.3 Å². The number of benzene rings is 1. The summed E-state index contributed by atoms with van der Waals surface area (Å²) in [4.78, 5) is 28.8. The quantitative estimate of drug-likeness (QED) is 0.385. The molecule has 1 saturated carbocycles. The number of amides is 1. The number of amidine groups is 1. The number of nitrogens with one attached hydrogen (secondary N) is 2. The van der Waals surface area contributed by atoms with Gasteiger partial charge in [-0.25, -0.2) is 25.9 Å². The Kier molecular flexibility index (Phi) is 9.30. The molecular weight excluding hydrogens is 540 g/mol. The minimum atomic E-state index is -3.72. The van der Waals surface area contributed by atoms with E-state index in [2.05, 4.69) is 10.0 Å². The predicted octanol–water partition coefficient (Wildman–Crippen LogP) is 2.46. The highest BCUT2D eigenvalue weighted by atomic mass is 32.2. The highest BCUT2D eigenvalue weighted by molar-refractivity contribution is 7.89. The Hall–Kier alpha value is -2.15. The van der Waals surface area contributed by atoms with Gasteiger partial charge in [0.25, 0.3) is 5.91 Å². The van der Waals surface area contributed by atoms with E-state index in [1.807, 2.05) is 0 Å². The van der Waals surface area contributed by atoms with Gasteiger partial charge in [-0.05, 0) is 75.6 Å². The number of aliphatic imine (C=N–C) groups is 1. The average Bonchev–Trinajstić information content (AvgIpc) is 3.21. The third-order valence-corrected chi connectivity index (χ3v) is 11.5. The van der Waals surface area contributed by atoms with Crippen LogP contribution < -0.4 is 10.0 Å². The SMILES string of the molecule is CC(=O)CCCNS(=O)(=O)c1ccc(CCS(=O)(=O)N2CCC3(CC2)N=C(C2CCCCC2)NC3=O)c(C)c1. The summed E-state index contributed by atoms with van der Waals surface area (Å²) < 4.78 is 55.4. The van der Waals surface area contributed by atoms with Gasteiger partial charge in [0.2, 0.25) is 20.0 Å². The fourth-order valence-electron chi connectivity index (χ4n) is 5.70. The first-order valence-corrected chi connectivity index (χ1v) is 17.0. The minimum absolute atomic E-state index is 0.00902. The van der Waals surface area contributed by atoms with Crippen LogP contribution in [-0.4, -0.2) is 69.6 Å². The number of hydrogen-bond donors (Lipinski definition) is 2. The van der Waals surface area contributed by atoms with Crippen molar-refractivity contribution in [2.24, 2.45) is 10.9 Å². The van der Waals surface area contributed by atoms with Crippen LogP contribution >= 0.6 is 0 Å². The number of sulfonamides is 2. The van der Waals surface area contributed by atoms with E-state index >= 15 is 0 Å². The average molecular weight is 581 g/mol. The smallest absolute Gasteiger partial charge is 0.253 e. The maximum atomic E-state index is 13.1. The van der Waals surface area contributed by atoms with E-state index in [1.54, 1.807) is 19.1 Å². The number of carbonyl (C=O) groups is 2. The standard InChI is InChI=1S/C27H40N4O6S2/c1-20-19-24(39(36,37)28-15-6-7-21(2)32)11-10-22(20)12-18-38(34,35)31-16-13-27(14-17-31)26(33)29-25(30-27)23-8-4-3-5-9-23/h10-11,19,23,28H,3-9,12-18H2,1-2H3,(H,29,30,33). The minimum Gasteiger partial charge on any atom is -0.312 e. The van der Waals surface area contributed by atoms with Crippen molar-refractivity contribution < 1.29 is 26.4 Å². The van der Waals surface area contributed by atoms with Gasteiger partial charge in [0.05, 0.1) is 10.6 Å². The molecular formula is C27H40N4O6S2. The van der Waals surface area contributed by atoms with Gasteiger partial charge in [-0.15, -0.1) is 0 Å². The Morgan fingerprint density at radius 2 is 1.82 bits per heavy atom. The summed E-state index contributed by atoms with van der Waals surface area (Å²) in [7, 11) is -7.28. The second-order valence-corrected chi connectivity index (χ2v) is 14.9. The molecule has 10 nitrogen and oxygen atoms in total. The third-order valence-electron chi connectivity index (χ3n) is 8.18. The molecule has 2 heterocycles. The monoisotopic (exact) mass is 580 g/mol. The van der Waals surface area contributed by atoms with Crippen molar-refractivity contribution in [2.45, 2.75) is 88.5 Å². The first-order chi connectivity index (χ1) is 18.4. The highest BCUT2D eigenvalue weighted by Gasteiger charge is 2.48. The van der Waals surface area contributed by atoms with Crippen LogP contribution in [0.2, 0.25) is 0 Å². The lowest BCUT2D eigenvalue weighted by Crippen LogP contribution is -2.51. The maximum absolute atomic E-state index is 13.1. The Bertz CT molecular complexity index is 1330. The molecule has 1 aromatic rings. The van der Waals surface area contributed by atoms with Gasteiger partial charge in [0, 0.05) is 32.0 Å². The van der Waals surface area contributed by atoms with Crippen LogP contribution in [-0.2, 0) is 36.1 Å². The number of hydrogen-bond acceptors (Lipinski definition) is 7. The zero-order valence-electron chi connectivity index (χ0n) is 22.9. The van der Waals surface area contributed by atoms with E-state index in [-0.39, 0.29) is 48.4 Å². The molecule has 3 aliphatic rings. The molecule has 1 aromatic carbocycles. The van der Waals surface area contributed by atoms with Crippen LogP contribution in [0.15, 0.2) is 28.1 Å². The molecule has 0 bridgehead atoms. The molecule has 0 aromatic heterocycles. The number of piperidine rings is 1. The van der Waals surface area contributed by atoms with Crippen molar-refractivity contribution in [2.75, 3.05) is 25.4 Å². The summed E-state index contributed by atoms with van der Waals surface area (Å²) in [6.07, 6.45) is 7.35. The maximum Gasteiger partial charge on any atom is 0.253 e. The molecule has 1 amide bonds. The van der Waals surface area contributed by atoms with Crippen molar-refractivity contribution in [3.8, 4) is 0 Å². The van der Waals surface area contributed by atoms with Crippen LogP contribution in [0.4, 0.5) is 0 Å². The molecule has 0 radical (unpaired) electrons. The zero-order chi connectivity index (χ0) is 28.3. The first-order valence-electron chi connectivity index (χ1n) is 13.9. The van der Waals surface area contributed by atoms with E-state index in [4.69, 9.17) is 4.99 Å². The van der Waals surface area contributed by atoms with Crippen molar-refractivity contribution in [1.29, 1.82) is 0 Å². The van der Waals surface area contributed by atoms with Crippen molar-refractivity contribution >= 4 is 37.6 Å². The summed E-state index contributed by atoms with van der Waals surface area (Å²) in [5, 5.41) is 3.01. The fourth-order valence-corrected chi connectivity index (χ4v) is 8.33. The lowest BCUT2D eigenvalue weighted by molar-refractivity contribution is -0.125. The van der Waals surface area contributed by atoms with E-state index < -0.39 is 25.6 Å². The van der Waals surface area contributed by atoms with Gasteiger partial charge in [0.1, 0.15) is 17.2 Å². The molecule has 4 rings (SSSR count). The highest BCUT2D eigenvalue weighted by Crippen LogP contribution is 2.35. The van der Waals surface area contributed by atoms with Gasteiger partial charge >= 0.3 is 0 Å². The molecule has 1 aliphatic carbocycles. The number of rotatable bonds is 11.